The number of phenols is 1. The van der Waals surface area contributed by atoms with Crippen LogP contribution in [0.5, 0.6) is 11.5 Å². The van der Waals surface area contributed by atoms with Gasteiger partial charge in [0.2, 0.25) is 11.8 Å². The number of nitro benzene ring substituents is 1. The van der Waals surface area contributed by atoms with E-state index in [1.807, 2.05) is 22.6 Å². The van der Waals surface area contributed by atoms with Crippen molar-refractivity contribution in [3.05, 3.63) is 97.4 Å². The zero-order chi connectivity index (χ0) is 34.4. The predicted octanol–water partition coefficient (Wildman–Crippen LogP) is 5.82. The van der Waals surface area contributed by atoms with Gasteiger partial charge in [0.25, 0.3) is 17.5 Å². The summed E-state index contributed by atoms with van der Waals surface area (Å²) < 4.78 is 19.6. The van der Waals surface area contributed by atoms with Crippen molar-refractivity contribution in [1.29, 1.82) is 0 Å². The number of nitro groups is 1. The van der Waals surface area contributed by atoms with Crippen molar-refractivity contribution in [2.45, 2.75) is 28.5 Å². The summed E-state index contributed by atoms with van der Waals surface area (Å²) in [6, 6.07) is 12.9. The summed E-state index contributed by atoms with van der Waals surface area (Å²) in [5.74, 6) is -7.61. The van der Waals surface area contributed by atoms with Crippen molar-refractivity contribution in [1.82, 2.24) is 0 Å². The summed E-state index contributed by atoms with van der Waals surface area (Å²) in [6.45, 7) is 0. The molecule has 0 unspecified atom stereocenters. The van der Waals surface area contributed by atoms with Crippen LogP contribution in [0.3, 0.4) is 0 Å². The lowest BCUT2D eigenvalue weighted by Crippen LogP contribution is -2.60. The molecule has 1 N–H and O–H groups in total. The number of aromatic hydroxyl groups is 1. The smallest absolute Gasteiger partial charge is 0.271 e. The Balaban J connectivity index is 1.41. The number of ether oxygens (including phenoxy) is 1. The second kappa shape index (κ2) is 11.2. The summed E-state index contributed by atoms with van der Waals surface area (Å²) in [5.41, 5.74) is 0.615. The van der Waals surface area contributed by atoms with Crippen LogP contribution in [-0.2, 0) is 19.2 Å². The number of anilines is 2. The Kier molecular flexibility index (Phi) is 7.60. The van der Waals surface area contributed by atoms with Gasteiger partial charge in [-0.25, -0.2) is 14.2 Å². The number of fused-ring (bicyclic) bond motifs is 4. The van der Waals surface area contributed by atoms with Gasteiger partial charge in [-0.2, -0.15) is 0 Å². The van der Waals surface area contributed by atoms with Gasteiger partial charge in [0, 0.05) is 18.1 Å². The number of alkyl halides is 2. The average molecular weight is 806 g/mol. The van der Waals surface area contributed by atoms with E-state index in [0.29, 0.717) is 14.7 Å². The second-order valence-corrected chi connectivity index (χ2v) is 14.5. The summed E-state index contributed by atoms with van der Waals surface area (Å²) in [7, 11) is 1.34. The lowest BCUT2D eigenvalue weighted by molar-refractivity contribution is -0.384. The first-order chi connectivity index (χ1) is 22.7. The number of amides is 4. The Labute approximate surface area is 295 Å². The summed E-state index contributed by atoms with van der Waals surface area (Å²) in [4.78, 5) is 65.2. The molecule has 0 aromatic heterocycles. The average Bonchev–Trinajstić information content (AvgIpc) is 3.40. The number of phenolic OH excluding ortho intramolecular Hbond substituents is 1. The lowest BCUT2D eigenvalue weighted by Gasteiger charge is -2.50. The van der Waals surface area contributed by atoms with Crippen LogP contribution in [0.25, 0.3) is 0 Å². The minimum absolute atomic E-state index is 0.0298. The van der Waals surface area contributed by atoms with Gasteiger partial charge in [-0.15, -0.1) is 23.2 Å². The number of non-ortho nitro benzene ring substituents is 1. The van der Waals surface area contributed by atoms with Crippen molar-refractivity contribution in [3.8, 4) is 11.5 Å². The molecule has 0 spiro atoms. The maximum atomic E-state index is 14.5. The van der Waals surface area contributed by atoms with E-state index in [-0.39, 0.29) is 41.4 Å². The van der Waals surface area contributed by atoms with Gasteiger partial charge in [0.15, 0.2) is 21.2 Å². The Hall–Kier alpha value is -4.08. The molecule has 4 amide bonds. The minimum atomic E-state index is -2.17. The summed E-state index contributed by atoms with van der Waals surface area (Å²) in [6.07, 6.45) is 1.50. The van der Waals surface area contributed by atoms with Gasteiger partial charge in [0.1, 0.15) is 5.82 Å². The molecular formula is C33H23Cl2FIN3O8. The van der Waals surface area contributed by atoms with Crippen molar-refractivity contribution < 1.29 is 38.3 Å². The Morgan fingerprint density at radius 2 is 1.69 bits per heavy atom. The third-order valence-corrected chi connectivity index (χ3v) is 12.0. The molecule has 4 aliphatic rings. The van der Waals surface area contributed by atoms with Crippen LogP contribution in [0.15, 0.2) is 72.3 Å². The van der Waals surface area contributed by atoms with Crippen LogP contribution in [0.2, 0.25) is 0 Å². The monoisotopic (exact) mass is 805 g/mol. The zero-order valence-corrected chi connectivity index (χ0v) is 28.4. The maximum absolute atomic E-state index is 14.5. The third-order valence-electron chi connectivity index (χ3n) is 9.80. The number of carbonyl (C=O) groups is 4. The Morgan fingerprint density at radius 1 is 0.979 bits per heavy atom. The molecule has 7 rings (SSSR count). The van der Waals surface area contributed by atoms with Crippen molar-refractivity contribution in [2.24, 2.45) is 17.8 Å². The first-order valence-corrected chi connectivity index (χ1v) is 16.5. The molecule has 2 heterocycles. The normalized spacial score (nSPS) is 29.4. The van der Waals surface area contributed by atoms with Gasteiger partial charge in [-0.1, -0.05) is 17.7 Å². The number of rotatable bonds is 5. The SMILES string of the molecule is COc1cc([C@H]2C3=CC[C@@H]4C(=O)N(c5cccc([N+](=O)[O-])c5)C(=O)[C@@H]4[C@@H]3C[C@@]3(Cl)C(=O)N(c4ccc(F)cc4)C(=O)[C@@]23Cl)cc(I)c1O. The number of imide groups is 2. The van der Waals surface area contributed by atoms with E-state index in [1.54, 1.807) is 12.1 Å². The van der Waals surface area contributed by atoms with Crippen LogP contribution in [-0.4, -0.2) is 50.5 Å². The topological polar surface area (TPSA) is 147 Å². The molecule has 6 atom stereocenters. The third kappa shape index (κ3) is 4.36. The van der Waals surface area contributed by atoms with Crippen LogP contribution in [0, 0.1) is 37.3 Å². The van der Waals surface area contributed by atoms with Gasteiger partial charge < -0.3 is 9.84 Å². The molecule has 3 fully saturated rings. The summed E-state index contributed by atoms with van der Waals surface area (Å²) >= 11 is 16.6. The van der Waals surface area contributed by atoms with Crippen LogP contribution >= 0.6 is 45.8 Å². The van der Waals surface area contributed by atoms with Crippen molar-refractivity contribution in [3.63, 3.8) is 0 Å². The van der Waals surface area contributed by atoms with Gasteiger partial charge >= 0.3 is 0 Å². The van der Waals surface area contributed by atoms with Crippen molar-refractivity contribution >= 4 is 86.5 Å². The number of nitrogens with zero attached hydrogens (tertiary/aromatic N) is 3. The molecule has 1 saturated carbocycles. The number of carbonyl (C=O) groups excluding carboxylic acids is 4. The number of hydrogen-bond donors (Lipinski definition) is 1. The molecule has 2 aliphatic heterocycles. The highest BCUT2D eigenvalue weighted by Crippen LogP contribution is 2.66. The van der Waals surface area contributed by atoms with Crippen LogP contribution < -0.4 is 14.5 Å². The van der Waals surface area contributed by atoms with E-state index in [0.717, 1.165) is 28.0 Å². The fourth-order valence-corrected chi connectivity index (χ4v) is 9.25. The summed E-state index contributed by atoms with van der Waals surface area (Å²) in [5, 5.41) is 22.1. The van der Waals surface area contributed by atoms with Gasteiger partial charge in [-0.05, 0) is 89.4 Å². The standard InChI is InChI=1S/C33H23Cl2FIN3O8/c1-48-24-12-15(11-23(37)27(24)41)26-20-9-10-21-25(29(43)38(28(21)42)18-3-2-4-19(13-18)40(46)47)22(20)14-32(34)30(44)39(31(45)33(26,32)35)17-7-5-16(36)6-8-17/h2-9,11-13,21-22,25-26,41H,10,14H2,1H3/t21-,22+,25-,26-,32+,33-/m0/s1. The molecule has 48 heavy (non-hydrogen) atoms. The maximum Gasteiger partial charge on any atom is 0.271 e. The van der Waals surface area contributed by atoms with E-state index in [9.17, 15) is 38.8 Å². The molecule has 2 saturated heterocycles. The largest absolute Gasteiger partial charge is 0.504 e. The number of allylic oxidation sites excluding steroid dienone is 2. The van der Waals surface area contributed by atoms with Crippen LogP contribution in [0.1, 0.15) is 24.3 Å². The molecule has 11 nitrogen and oxygen atoms in total. The molecule has 2 aliphatic carbocycles. The molecule has 0 bridgehead atoms. The fraction of sp³-hybridized carbons (Fsp3) is 0.273. The molecule has 15 heteroatoms. The van der Waals surface area contributed by atoms with Crippen LogP contribution in [0.4, 0.5) is 21.5 Å². The first kappa shape index (κ1) is 32.5. The molecular weight excluding hydrogens is 783 g/mol. The van der Waals surface area contributed by atoms with E-state index in [4.69, 9.17) is 27.9 Å². The zero-order valence-electron chi connectivity index (χ0n) is 24.7. The fourth-order valence-electron chi connectivity index (χ4n) is 7.69. The minimum Gasteiger partial charge on any atom is -0.504 e. The quantitative estimate of drug-likeness (QED) is 0.0848. The number of halogens is 4. The second-order valence-electron chi connectivity index (χ2n) is 12.1. The van der Waals surface area contributed by atoms with Gasteiger partial charge in [0.05, 0.1) is 38.8 Å². The highest BCUT2D eigenvalue weighted by molar-refractivity contribution is 14.1. The number of benzene rings is 3. The molecule has 3 aromatic carbocycles. The number of hydrogen-bond acceptors (Lipinski definition) is 8. The van der Waals surface area contributed by atoms with E-state index in [2.05, 4.69) is 0 Å². The number of methoxy groups -OCH3 is 1. The van der Waals surface area contributed by atoms with Gasteiger partial charge in [-0.3, -0.25) is 29.3 Å². The molecule has 0 radical (unpaired) electrons. The van der Waals surface area contributed by atoms with E-state index in [1.165, 1.54) is 43.5 Å². The first-order valence-electron chi connectivity index (χ1n) is 14.7. The predicted molar refractivity (Wildman–Crippen MR) is 180 cm³/mol. The highest BCUT2D eigenvalue weighted by Gasteiger charge is 2.76. The van der Waals surface area contributed by atoms with E-state index < -0.39 is 67.8 Å². The Bertz CT molecular complexity index is 2010. The molecule has 3 aromatic rings. The lowest BCUT2D eigenvalue weighted by atomic mass is 9.56. The highest BCUT2D eigenvalue weighted by atomic mass is 127. The molecule has 246 valence electrons. The van der Waals surface area contributed by atoms with E-state index >= 15 is 0 Å². The van der Waals surface area contributed by atoms with Crippen molar-refractivity contribution in [2.75, 3.05) is 16.9 Å². The Morgan fingerprint density at radius 3 is 2.35 bits per heavy atom.